The van der Waals surface area contributed by atoms with Crippen LogP contribution in [0.15, 0.2) is 0 Å². The third-order valence-corrected chi connectivity index (χ3v) is 5.54. The highest BCUT2D eigenvalue weighted by atomic mass is 32.2. The average Bonchev–Trinajstić information content (AvgIpc) is 2.98. The molecule has 0 aromatic heterocycles. The molecule has 1 amide bonds. The zero-order chi connectivity index (χ0) is 16.9. The molecule has 1 aliphatic heterocycles. The van der Waals surface area contributed by atoms with Crippen LogP contribution in [-0.4, -0.2) is 57.6 Å². The molecule has 1 aliphatic carbocycles. The van der Waals surface area contributed by atoms with E-state index in [0.29, 0.717) is 32.7 Å². The second-order valence-corrected chi connectivity index (χ2v) is 8.32. The molecule has 2 aliphatic rings. The van der Waals surface area contributed by atoms with E-state index in [-0.39, 0.29) is 17.9 Å². The van der Waals surface area contributed by atoms with E-state index < -0.39 is 16.3 Å². The van der Waals surface area contributed by atoms with Gasteiger partial charge in [-0.25, -0.2) is 0 Å². The number of morpholine rings is 1. The fourth-order valence-corrected chi connectivity index (χ4v) is 4.47. The summed E-state index contributed by atoms with van der Waals surface area (Å²) < 4.78 is 35.2. The number of rotatable bonds is 7. The topological polar surface area (TPSA) is 87.7 Å². The van der Waals surface area contributed by atoms with Crippen molar-refractivity contribution in [2.45, 2.75) is 58.0 Å². The molecule has 1 saturated carbocycles. The minimum Gasteiger partial charge on any atom is -0.378 e. The van der Waals surface area contributed by atoms with E-state index in [1.807, 2.05) is 13.8 Å². The van der Waals surface area contributed by atoms with Crippen LogP contribution in [0.4, 0.5) is 0 Å². The van der Waals surface area contributed by atoms with Gasteiger partial charge >= 0.3 is 0 Å². The first-order valence-electron chi connectivity index (χ1n) is 8.53. The fourth-order valence-electron chi connectivity index (χ4n) is 3.16. The van der Waals surface area contributed by atoms with E-state index in [9.17, 15) is 13.2 Å². The Bertz CT molecular complexity index is 483. The molecule has 1 saturated heterocycles. The number of carbonyl (C=O) groups is 1. The van der Waals surface area contributed by atoms with E-state index in [1.165, 1.54) is 0 Å². The molecule has 1 atom stereocenters. The monoisotopic (exact) mass is 347 g/mol. The number of amides is 1. The van der Waals surface area contributed by atoms with Gasteiger partial charge in [0.25, 0.3) is 10.2 Å². The van der Waals surface area contributed by atoms with Crippen molar-refractivity contribution in [1.29, 1.82) is 0 Å². The Kier molecular flexibility index (Phi) is 6.82. The molecule has 2 fully saturated rings. The molecule has 8 heteroatoms. The van der Waals surface area contributed by atoms with Crippen LogP contribution in [0.2, 0.25) is 0 Å². The number of hydrogen-bond acceptors (Lipinski definition) is 4. The first kappa shape index (κ1) is 18.6. The van der Waals surface area contributed by atoms with Crippen molar-refractivity contribution in [2.75, 3.05) is 26.3 Å². The van der Waals surface area contributed by atoms with Crippen molar-refractivity contribution in [1.82, 2.24) is 14.3 Å². The van der Waals surface area contributed by atoms with Crippen molar-refractivity contribution in [3.8, 4) is 0 Å². The van der Waals surface area contributed by atoms with Crippen molar-refractivity contribution in [2.24, 2.45) is 5.92 Å². The van der Waals surface area contributed by atoms with Crippen LogP contribution in [0.5, 0.6) is 0 Å². The van der Waals surface area contributed by atoms with Crippen LogP contribution in [0.3, 0.4) is 0 Å². The first-order chi connectivity index (χ1) is 10.9. The molecule has 0 spiro atoms. The van der Waals surface area contributed by atoms with E-state index in [2.05, 4.69) is 9.44 Å². The summed E-state index contributed by atoms with van der Waals surface area (Å²) in [5.41, 5.74) is 0. The summed E-state index contributed by atoms with van der Waals surface area (Å²) in [6.45, 7) is 6.02. The molecule has 134 valence electrons. The van der Waals surface area contributed by atoms with Gasteiger partial charge < -0.3 is 9.64 Å². The van der Waals surface area contributed by atoms with Gasteiger partial charge in [0, 0.05) is 19.1 Å². The molecule has 23 heavy (non-hydrogen) atoms. The van der Waals surface area contributed by atoms with Crippen molar-refractivity contribution in [3.63, 3.8) is 0 Å². The molecule has 0 aromatic rings. The van der Waals surface area contributed by atoms with Gasteiger partial charge in [0.15, 0.2) is 0 Å². The Morgan fingerprint density at radius 2 is 1.83 bits per heavy atom. The third kappa shape index (κ3) is 6.02. The van der Waals surface area contributed by atoms with Crippen LogP contribution in [0.1, 0.15) is 46.0 Å². The number of nitrogens with zero attached hydrogens (tertiary/aromatic N) is 1. The highest BCUT2D eigenvalue weighted by Crippen LogP contribution is 2.18. The normalized spacial score (nSPS) is 21.8. The minimum absolute atomic E-state index is 0.00862. The van der Waals surface area contributed by atoms with Crippen LogP contribution < -0.4 is 9.44 Å². The van der Waals surface area contributed by atoms with Gasteiger partial charge in [0.05, 0.1) is 13.2 Å². The van der Waals surface area contributed by atoms with E-state index in [0.717, 1.165) is 25.7 Å². The lowest BCUT2D eigenvalue weighted by molar-refractivity contribution is -0.137. The smallest absolute Gasteiger partial charge is 0.277 e. The summed E-state index contributed by atoms with van der Waals surface area (Å²) in [4.78, 5) is 14.4. The Morgan fingerprint density at radius 1 is 1.22 bits per heavy atom. The predicted molar refractivity (Wildman–Crippen MR) is 88.1 cm³/mol. The highest BCUT2D eigenvalue weighted by molar-refractivity contribution is 7.87. The predicted octanol–water partition coefficient (Wildman–Crippen LogP) is 0.627. The number of carbonyl (C=O) groups excluding carboxylic acids is 1. The highest BCUT2D eigenvalue weighted by Gasteiger charge is 2.31. The molecule has 1 heterocycles. The Hall–Kier alpha value is -0.700. The summed E-state index contributed by atoms with van der Waals surface area (Å²) in [5, 5.41) is 0. The van der Waals surface area contributed by atoms with E-state index in [4.69, 9.17) is 4.74 Å². The van der Waals surface area contributed by atoms with Gasteiger partial charge in [-0.2, -0.15) is 17.9 Å². The maximum absolute atomic E-state index is 12.7. The molecule has 7 nitrogen and oxygen atoms in total. The second kappa shape index (κ2) is 8.41. The molecule has 2 N–H and O–H groups in total. The lowest BCUT2D eigenvalue weighted by Crippen LogP contribution is -2.55. The molecule has 0 radical (unpaired) electrons. The Morgan fingerprint density at radius 3 is 2.39 bits per heavy atom. The van der Waals surface area contributed by atoms with Crippen LogP contribution in [0, 0.1) is 5.92 Å². The van der Waals surface area contributed by atoms with Gasteiger partial charge in [-0.15, -0.1) is 0 Å². The molecule has 2 rings (SSSR count). The van der Waals surface area contributed by atoms with E-state index in [1.54, 1.807) is 4.90 Å². The van der Waals surface area contributed by atoms with Gasteiger partial charge in [-0.3, -0.25) is 4.79 Å². The fraction of sp³-hybridized carbons (Fsp3) is 0.933. The maximum atomic E-state index is 12.7. The summed E-state index contributed by atoms with van der Waals surface area (Å²) in [7, 11) is -3.67. The summed E-state index contributed by atoms with van der Waals surface area (Å²) in [6, 6.07) is -0.724. The van der Waals surface area contributed by atoms with Gasteiger partial charge in [0.2, 0.25) is 5.91 Å². The molecule has 1 unspecified atom stereocenters. The van der Waals surface area contributed by atoms with Crippen LogP contribution in [0.25, 0.3) is 0 Å². The van der Waals surface area contributed by atoms with Crippen molar-refractivity contribution >= 4 is 16.1 Å². The van der Waals surface area contributed by atoms with Crippen LogP contribution >= 0.6 is 0 Å². The molecular formula is C15H29N3O4S. The minimum atomic E-state index is -3.67. The van der Waals surface area contributed by atoms with E-state index >= 15 is 0 Å². The summed E-state index contributed by atoms with van der Waals surface area (Å²) in [6.07, 6.45) is 4.33. The zero-order valence-electron chi connectivity index (χ0n) is 14.1. The Labute approximate surface area is 139 Å². The van der Waals surface area contributed by atoms with Gasteiger partial charge in [-0.05, 0) is 25.2 Å². The number of ether oxygens (including phenoxy) is 1. The van der Waals surface area contributed by atoms with Crippen molar-refractivity contribution in [3.05, 3.63) is 0 Å². The SMILES string of the molecule is CC(C)CC(NS(=O)(=O)NC1CCCC1)C(=O)N1CCOCC1. The second-order valence-electron chi connectivity index (χ2n) is 6.84. The van der Waals surface area contributed by atoms with Crippen molar-refractivity contribution < 1.29 is 17.9 Å². The Balaban J connectivity index is 1.99. The van der Waals surface area contributed by atoms with Crippen LogP contribution in [-0.2, 0) is 19.7 Å². The lowest BCUT2D eigenvalue weighted by Gasteiger charge is -2.31. The maximum Gasteiger partial charge on any atom is 0.277 e. The first-order valence-corrected chi connectivity index (χ1v) is 10.0. The number of hydrogen-bond donors (Lipinski definition) is 2. The third-order valence-electron chi connectivity index (χ3n) is 4.30. The standard InChI is InChI=1S/C15H29N3O4S/c1-12(2)11-14(15(19)18-7-9-22-10-8-18)17-23(20,21)16-13-5-3-4-6-13/h12-14,16-17H,3-11H2,1-2H3. The van der Waals surface area contributed by atoms with Gasteiger partial charge in [-0.1, -0.05) is 26.7 Å². The average molecular weight is 347 g/mol. The van der Waals surface area contributed by atoms with Gasteiger partial charge in [0.1, 0.15) is 6.04 Å². The summed E-state index contributed by atoms with van der Waals surface area (Å²) >= 11 is 0. The number of nitrogens with one attached hydrogen (secondary N) is 2. The molecule has 0 aromatic carbocycles. The molecule has 0 bridgehead atoms. The molecular weight excluding hydrogens is 318 g/mol. The summed E-state index contributed by atoms with van der Waals surface area (Å²) in [5.74, 6) is 0.0676. The quantitative estimate of drug-likeness (QED) is 0.707. The largest absolute Gasteiger partial charge is 0.378 e. The lowest BCUT2D eigenvalue weighted by atomic mass is 10.0. The zero-order valence-corrected chi connectivity index (χ0v) is 14.9.